The van der Waals surface area contributed by atoms with E-state index in [0.717, 1.165) is 0 Å². The molecular formula is C10H21N. The van der Waals surface area contributed by atoms with Gasteiger partial charge in [-0.2, -0.15) is 0 Å². The molecule has 0 atom stereocenters. The minimum Gasteiger partial charge on any atom is -0.303 e. The van der Waals surface area contributed by atoms with Crippen molar-refractivity contribution in [3.05, 3.63) is 13.2 Å². The average molecular weight is 155 g/mol. The molecule has 1 aliphatic rings. The Labute approximate surface area is 71.1 Å². The maximum atomic E-state index is 3.00. The third kappa shape index (κ3) is 5.02. The summed E-state index contributed by atoms with van der Waals surface area (Å²) in [4.78, 5) is 2.57. The summed E-state index contributed by atoms with van der Waals surface area (Å²) in [5.41, 5.74) is 0. The Bertz CT molecular complexity index is 72.2. The van der Waals surface area contributed by atoms with E-state index in [0.29, 0.717) is 0 Å². The first-order chi connectivity index (χ1) is 5.43. The molecule has 1 saturated heterocycles. The Hall–Kier alpha value is -0.300. The molecule has 11 heavy (non-hydrogen) atoms. The van der Waals surface area contributed by atoms with E-state index in [1.165, 1.54) is 45.3 Å². The van der Waals surface area contributed by atoms with Crippen molar-refractivity contribution < 1.29 is 0 Å². The summed E-state index contributed by atoms with van der Waals surface area (Å²) < 4.78 is 0. The van der Waals surface area contributed by atoms with Crippen molar-refractivity contribution in [1.29, 1.82) is 0 Å². The fourth-order valence-electron chi connectivity index (χ4n) is 1.50. The molecule has 0 aliphatic carbocycles. The Morgan fingerprint density at radius 1 is 1.09 bits per heavy atom. The molecule has 1 heterocycles. The highest BCUT2D eigenvalue weighted by Crippen LogP contribution is 2.07. The molecule has 0 saturated carbocycles. The highest BCUT2D eigenvalue weighted by Gasteiger charge is 2.07. The van der Waals surface area contributed by atoms with Crippen LogP contribution < -0.4 is 0 Å². The van der Waals surface area contributed by atoms with Gasteiger partial charge in [0, 0.05) is 0 Å². The largest absolute Gasteiger partial charge is 0.303 e. The zero-order valence-corrected chi connectivity index (χ0v) is 7.81. The third-order valence-electron chi connectivity index (χ3n) is 1.99. The standard InChI is InChI=1S/C8H17N.C2H4/c1-2-6-9-7-4-3-5-8-9;1-2/h2-8H2,1H3;1-2H2. The van der Waals surface area contributed by atoms with Gasteiger partial charge in [-0.25, -0.2) is 0 Å². The van der Waals surface area contributed by atoms with E-state index in [1.807, 2.05) is 0 Å². The smallest absolute Gasteiger partial charge is 0.00187 e. The molecule has 0 aromatic carbocycles. The van der Waals surface area contributed by atoms with Crippen molar-refractivity contribution in [2.75, 3.05) is 19.6 Å². The van der Waals surface area contributed by atoms with E-state index in [9.17, 15) is 0 Å². The lowest BCUT2D eigenvalue weighted by atomic mass is 10.1. The molecule has 0 aromatic heterocycles. The van der Waals surface area contributed by atoms with Crippen LogP contribution in [0.25, 0.3) is 0 Å². The van der Waals surface area contributed by atoms with Crippen LogP contribution in [0.5, 0.6) is 0 Å². The predicted molar refractivity (Wildman–Crippen MR) is 51.8 cm³/mol. The summed E-state index contributed by atoms with van der Waals surface area (Å²) in [7, 11) is 0. The van der Waals surface area contributed by atoms with Gasteiger partial charge in [0.1, 0.15) is 0 Å². The summed E-state index contributed by atoms with van der Waals surface area (Å²) in [5.74, 6) is 0. The van der Waals surface area contributed by atoms with Crippen molar-refractivity contribution in [2.45, 2.75) is 32.6 Å². The topological polar surface area (TPSA) is 3.24 Å². The van der Waals surface area contributed by atoms with E-state index >= 15 is 0 Å². The van der Waals surface area contributed by atoms with E-state index < -0.39 is 0 Å². The SMILES string of the molecule is C=C.CCCN1CCCCC1. The van der Waals surface area contributed by atoms with Crippen molar-refractivity contribution in [3.8, 4) is 0 Å². The minimum absolute atomic E-state index is 1.32. The normalized spacial score (nSPS) is 18.6. The van der Waals surface area contributed by atoms with Crippen LogP contribution in [0, 0.1) is 0 Å². The lowest BCUT2D eigenvalue weighted by Gasteiger charge is -2.25. The number of hydrogen-bond donors (Lipinski definition) is 0. The molecule has 0 radical (unpaired) electrons. The van der Waals surface area contributed by atoms with E-state index in [-0.39, 0.29) is 0 Å². The molecule has 1 aliphatic heterocycles. The Morgan fingerprint density at radius 2 is 1.64 bits per heavy atom. The predicted octanol–water partition coefficient (Wildman–Crippen LogP) is 2.68. The highest BCUT2D eigenvalue weighted by molar-refractivity contribution is 4.62. The van der Waals surface area contributed by atoms with Gasteiger partial charge in [0.25, 0.3) is 0 Å². The zero-order valence-electron chi connectivity index (χ0n) is 7.81. The van der Waals surface area contributed by atoms with Gasteiger partial charge in [-0.1, -0.05) is 13.3 Å². The third-order valence-corrected chi connectivity index (χ3v) is 1.99. The molecule has 1 nitrogen and oxygen atoms in total. The Balaban J connectivity index is 0.000000461. The van der Waals surface area contributed by atoms with Crippen LogP contribution in [0.1, 0.15) is 32.6 Å². The van der Waals surface area contributed by atoms with Gasteiger partial charge in [-0.15, -0.1) is 13.2 Å². The van der Waals surface area contributed by atoms with E-state index in [2.05, 4.69) is 25.0 Å². The Morgan fingerprint density at radius 3 is 2.09 bits per heavy atom. The van der Waals surface area contributed by atoms with Gasteiger partial charge in [0.2, 0.25) is 0 Å². The Kier molecular flexibility index (Phi) is 7.59. The van der Waals surface area contributed by atoms with Crippen LogP contribution in [0.3, 0.4) is 0 Å². The second-order valence-corrected chi connectivity index (χ2v) is 2.90. The van der Waals surface area contributed by atoms with Crippen molar-refractivity contribution in [2.24, 2.45) is 0 Å². The highest BCUT2D eigenvalue weighted by atomic mass is 15.1. The molecule has 0 amide bonds. The summed E-state index contributed by atoms with van der Waals surface area (Å²) in [6.07, 6.45) is 5.64. The molecule has 1 heteroatoms. The van der Waals surface area contributed by atoms with E-state index in [4.69, 9.17) is 0 Å². The van der Waals surface area contributed by atoms with Gasteiger partial charge in [0.15, 0.2) is 0 Å². The molecule has 66 valence electrons. The first-order valence-corrected chi connectivity index (χ1v) is 4.66. The first-order valence-electron chi connectivity index (χ1n) is 4.66. The van der Waals surface area contributed by atoms with Gasteiger partial charge >= 0.3 is 0 Å². The second kappa shape index (κ2) is 7.80. The van der Waals surface area contributed by atoms with Gasteiger partial charge in [-0.3, -0.25) is 0 Å². The number of rotatable bonds is 2. The van der Waals surface area contributed by atoms with Gasteiger partial charge < -0.3 is 4.90 Å². The molecular weight excluding hydrogens is 134 g/mol. The van der Waals surface area contributed by atoms with E-state index in [1.54, 1.807) is 0 Å². The number of nitrogens with zero attached hydrogens (tertiary/aromatic N) is 1. The maximum Gasteiger partial charge on any atom is -0.00187 e. The van der Waals surface area contributed by atoms with Crippen LogP contribution in [-0.4, -0.2) is 24.5 Å². The number of hydrogen-bond acceptors (Lipinski definition) is 1. The molecule has 0 spiro atoms. The number of piperidine rings is 1. The van der Waals surface area contributed by atoms with Crippen LogP contribution in [-0.2, 0) is 0 Å². The number of likely N-dealkylation sites (tertiary alicyclic amines) is 1. The van der Waals surface area contributed by atoms with Crippen molar-refractivity contribution >= 4 is 0 Å². The maximum absolute atomic E-state index is 3.00. The van der Waals surface area contributed by atoms with Crippen LogP contribution in [0.2, 0.25) is 0 Å². The van der Waals surface area contributed by atoms with Crippen LogP contribution >= 0.6 is 0 Å². The fourth-order valence-corrected chi connectivity index (χ4v) is 1.50. The lowest BCUT2D eigenvalue weighted by molar-refractivity contribution is 0.229. The molecule has 0 bridgehead atoms. The monoisotopic (exact) mass is 155 g/mol. The summed E-state index contributed by atoms with van der Waals surface area (Å²) in [5, 5.41) is 0. The second-order valence-electron chi connectivity index (χ2n) is 2.90. The zero-order chi connectivity index (χ0) is 8.53. The molecule has 0 unspecified atom stereocenters. The first kappa shape index (κ1) is 10.7. The summed E-state index contributed by atoms with van der Waals surface area (Å²) in [6.45, 7) is 12.3. The van der Waals surface area contributed by atoms with Crippen molar-refractivity contribution in [3.63, 3.8) is 0 Å². The van der Waals surface area contributed by atoms with Crippen LogP contribution in [0.15, 0.2) is 13.2 Å². The molecule has 1 fully saturated rings. The summed E-state index contributed by atoms with van der Waals surface area (Å²) >= 11 is 0. The molecule has 0 N–H and O–H groups in total. The summed E-state index contributed by atoms with van der Waals surface area (Å²) in [6, 6.07) is 0. The quantitative estimate of drug-likeness (QED) is 0.554. The minimum atomic E-state index is 1.32. The average Bonchev–Trinajstić information content (AvgIpc) is 2.11. The lowest BCUT2D eigenvalue weighted by Crippen LogP contribution is -2.30. The van der Waals surface area contributed by atoms with Gasteiger partial charge in [-0.05, 0) is 38.9 Å². The van der Waals surface area contributed by atoms with Crippen LogP contribution in [0.4, 0.5) is 0 Å². The molecule has 0 aromatic rings. The van der Waals surface area contributed by atoms with Gasteiger partial charge in [0.05, 0.1) is 0 Å². The fraction of sp³-hybridized carbons (Fsp3) is 0.800. The van der Waals surface area contributed by atoms with Crippen molar-refractivity contribution in [1.82, 2.24) is 4.90 Å². The molecule has 1 rings (SSSR count).